The van der Waals surface area contributed by atoms with E-state index < -0.39 is 5.60 Å². The summed E-state index contributed by atoms with van der Waals surface area (Å²) in [6.45, 7) is 7.93. The molecule has 114 valence electrons. The minimum absolute atomic E-state index is 0.0306. The summed E-state index contributed by atoms with van der Waals surface area (Å²) in [6.07, 6.45) is 0.710. The first-order valence-corrected chi connectivity index (χ1v) is 7.69. The van der Waals surface area contributed by atoms with Gasteiger partial charge >= 0.3 is 6.09 Å². The lowest BCUT2D eigenvalue weighted by Gasteiger charge is -2.27. The highest BCUT2D eigenvalue weighted by Crippen LogP contribution is 2.44. The predicted molar refractivity (Wildman–Crippen MR) is 84.0 cm³/mol. The van der Waals surface area contributed by atoms with E-state index >= 15 is 0 Å². The lowest BCUT2D eigenvalue weighted by atomic mass is 9.82. The van der Waals surface area contributed by atoms with E-state index in [1.54, 1.807) is 0 Å². The lowest BCUT2D eigenvalue weighted by molar-refractivity contribution is 0.0285. The molecule has 1 atom stereocenters. The second kappa shape index (κ2) is 4.80. The maximum Gasteiger partial charge on any atom is 0.410 e. The zero-order valence-electron chi connectivity index (χ0n) is 12.7. The molecule has 1 aromatic rings. The van der Waals surface area contributed by atoms with Crippen molar-refractivity contribution in [2.24, 2.45) is 0 Å². The van der Waals surface area contributed by atoms with Gasteiger partial charge in [0.15, 0.2) is 0 Å². The molecule has 2 heterocycles. The van der Waals surface area contributed by atoms with Gasteiger partial charge in [0, 0.05) is 35.8 Å². The van der Waals surface area contributed by atoms with E-state index in [0.717, 1.165) is 30.2 Å². The van der Waals surface area contributed by atoms with Gasteiger partial charge in [-0.1, -0.05) is 11.6 Å². The normalized spacial score (nSPS) is 24.1. The molecule has 1 unspecified atom stereocenters. The van der Waals surface area contributed by atoms with Crippen molar-refractivity contribution in [3.05, 3.63) is 28.8 Å². The Morgan fingerprint density at radius 1 is 1.43 bits per heavy atom. The summed E-state index contributed by atoms with van der Waals surface area (Å²) in [7, 11) is 0. The van der Waals surface area contributed by atoms with Gasteiger partial charge in [0.05, 0.1) is 0 Å². The summed E-state index contributed by atoms with van der Waals surface area (Å²) < 4.78 is 5.48. The highest BCUT2D eigenvalue weighted by Gasteiger charge is 2.46. The van der Waals surface area contributed by atoms with Gasteiger partial charge in [-0.05, 0) is 51.0 Å². The van der Waals surface area contributed by atoms with Crippen LogP contribution in [-0.2, 0) is 10.2 Å². The van der Waals surface area contributed by atoms with E-state index in [9.17, 15) is 4.79 Å². The van der Waals surface area contributed by atoms with Crippen LogP contribution in [0.25, 0.3) is 0 Å². The summed E-state index contributed by atoms with van der Waals surface area (Å²) in [4.78, 5) is 14.0. The van der Waals surface area contributed by atoms with Crippen molar-refractivity contribution in [3.63, 3.8) is 0 Å². The zero-order valence-corrected chi connectivity index (χ0v) is 13.5. The van der Waals surface area contributed by atoms with Crippen molar-refractivity contribution in [2.45, 2.75) is 38.2 Å². The number of nitrogens with zero attached hydrogens (tertiary/aromatic N) is 1. The van der Waals surface area contributed by atoms with Crippen molar-refractivity contribution < 1.29 is 9.53 Å². The van der Waals surface area contributed by atoms with E-state index in [4.69, 9.17) is 16.3 Å². The first kappa shape index (κ1) is 14.5. The van der Waals surface area contributed by atoms with E-state index in [-0.39, 0.29) is 11.5 Å². The van der Waals surface area contributed by atoms with Gasteiger partial charge in [-0.3, -0.25) is 0 Å². The van der Waals surface area contributed by atoms with Crippen LogP contribution in [0.15, 0.2) is 18.2 Å². The van der Waals surface area contributed by atoms with Crippen LogP contribution in [0, 0.1) is 0 Å². The molecule has 0 saturated carbocycles. The average Bonchev–Trinajstić information content (AvgIpc) is 2.95. The van der Waals surface area contributed by atoms with Crippen molar-refractivity contribution >= 4 is 23.4 Å². The maximum absolute atomic E-state index is 12.2. The SMILES string of the molecule is CC(C)(C)OC(=O)N1CCC2(CNc3ccc(Cl)cc32)C1. The Morgan fingerprint density at radius 3 is 2.90 bits per heavy atom. The molecule has 1 amide bonds. The van der Waals surface area contributed by atoms with Gasteiger partial charge in [0.25, 0.3) is 0 Å². The van der Waals surface area contributed by atoms with Gasteiger partial charge in [-0.2, -0.15) is 0 Å². The van der Waals surface area contributed by atoms with Crippen LogP contribution in [0.2, 0.25) is 5.02 Å². The number of hydrogen-bond acceptors (Lipinski definition) is 3. The number of anilines is 1. The van der Waals surface area contributed by atoms with Gasteiger partial charge in [-0.15, -0.1) is 0 Å². The van der Waals surface area contributed by atoms with E-state index in [0.29, 0.717) is 6.54 Å². The van der Waals surface area contributed by atoms with Crippen LogP contribution in [-0.4, -0.2) is 36.2 Å². The fraction of sp³-hybridized carbons (Fsp3) is 0.562. The van der Waals surface area contributed by atoms with Gasteiger partial charge in [0.1, 0.15) is 5.60 Å². The highest BCUT2D eigenvalue weighted by molar-refractivity contribution is 6.30. The Hall–Kier alpha value is -1.42. The maximum atomic E-state index is 12.2. The molecule has 3 rings (SSSR count). The molecule has 1 N–H and O–H groups in total. The molecule has 1 fully saturated rings. The molecule has 21 heavy (non-hydrogen) atoms. The second-order valence-electron chi connectivity index (χ2n) is 6.98. The fourth-order valence-corrected chi connectivity index (χ4v) is 3.36. The molecule has 0 aliphatic carbocycles. The number of carbonyl (C=O) groups excluding carboxylic acids is 1. The molecule has 4 nitrogen and oxygen atoms in total. The van der Waals surface area contributed by atoms with Crippen LogP contribution >= 0.6 is 11.6 Å². The summed E-state index contributed by atoms with van der Waals surface area (Å²) in [6, 6.07) is 5.94. The van der Waals surface area contributed by atoms with E-state index in [1.165, 1.54) is 5.56 Å². The van der Waals surface area contributed by atoms with Crippen LogP contribution in [0.3, 0.4) is 0 Å². The van der Waals surface area contributed by atoms with Gasteiger partial charge < -0.3 is 15.0 Å². The number of fused-ring (bicyclic) bond motifs is 2. The first-order valence-electron chi connectivity index (χ1n) is 7.31. The Labute approximate surface area is 130 Å². The summed E-state index contributed by atoms with van der Waals surface area (Å²) >= 11 is 6.14. The molecule has 1 saturated heterocycles. The number of hydrogen-bond donors (Lipinski definition) is 1. The second-order valence-corrected chi connectivity index (χ2v) is 7.41. The third-order valence-electron chi connectivity index (χ3n) is 4.18. The number of amides is 1. The van der Waals surface area contributed by atoms with Gasteiger partial charge in [0.2, 0.25) is 0 Å². The Kier molecular flexibility index (Phi) is 3.32. The molecular formula is C16H21ClN2O2. The molecular weight excluding hydrogens is 288 g/mol. The monoisotopic (exact) mass is 308 g/mol. The molecule has 0 aromatic heterocycles. The summed E-state index contributed by atoms with van der Waals surface area (Å²) in [5, 5.41) is 4.17. The van der Waals surface area contributed by atoms with Crippen molar-refractivity contribution in [1.82, 2.24) is 4.90 Å². The number of benzene rings is 1. The molecule has 2 aliphatic rings. The lowest BCUT2D eigenvalue weighted by Crippen LogP contribution is -2.38. The molecule has 2 aliphatic heterocycles. The zero-order chi connectivity index (χ0) is 15.3. The molecule has 0 bridgehead atoms. The Morgan fingerprint density at radius 2 is 2.19 bits per heavy atom. The number of nitrogens with one attached hydrogen (secondary N) is 1. The minimum Gasteiger partial charge on any atom is -0.444 e. The standard InChI is InChI=1S/C16H21ClN2O2/c1-15(2,3)21-14(20)19-7-6-16(10-19)9-18-13-5-4-11(17)8-12(13)16/h4-5,8,18H,6-7,9-10H2,1-3H3. The predicted octanol–water partition coefficient (Wildman–Crippen LogP) is 3.64. The number of halogens is 1. The summed E-state index contributed by atoms with van der Waals surface area (Å²) in [5.41, 5.74) is 1.87. The number of ether oxygens (including phenoxy) is 1. The highest BCUT2D eigenvalue weighted by atomic mass is 35.5. The molecule has 1 spiro atoms. The topological polar surface area (TPSA) is 41.6 Å². The number of likely N-dealkylation sites (tertiary alicyclic amines) is 1. The Balaban J connectivity index is 1.79. The van der Waals surface area contributed by atoms with E-state index in [2.05, 4.69) is 5.32 Å². The smallest absolute Gasteiger partial charge is 0.410 e. The summed E-state index contributed by atoms with van der Waals surface area (Å²) in [5.74, 6) is 0. The quantitative estimate of drug-likeness (QED) is 0.795. The number of carbonyl (C=O) groups is 1. The molecule has 0 radical (unpaired) electrons. The third-order valence-corrected chi connectivity index (χ3v) is 4.41. The van der Waals surface area contributed by atoms with Crippen LogP contribution < -0.4 is 5.32 Å². The van der Waals surface area contributed by atoms with Crippen LogP contribution in [0.5, 0.6) is 0 Å². The van der Waals surface area contributed by atoms with Crippen LogP contribution in [0.4, 0.5) is 10.5 Å². The molecule has 1 aromatic carbocycles. The van der Waals surface area contributed by atoms with Crippen molar-refractivity contribution in [1.29, 1.82) is 0 Å². The van der Waals surface area contributed by atoms with Gasteiger partial charge in [-0.25, -0.2) is 4.79 Å². The minimum atomic E-state index is -0.456. The van der Waals surface area contributed by atoms with Crippen LogP contribution in [0.1, 0.15) is 32.8 Å². The van der Waals surface area contributed by atoms with Crippen molar-refractivity contribution in [3.8, 4) is 0 Å². The number of rotatable bonds is 0. The first-order chi connectivity index (χ1) is 9.79. The molecule has 5 heteroatoms. The van der Waals surface area contributed by atoms with E-state index in [1.807, 2.05) is 43.9 Å². The fourth-order valence-electron chi connectivity index (χ4n) is 3.19. The third kappa shape index (κ3) is 2.69. The average molecular weight is 309 g/mol. The largest absolute Gasteiger partial charge is 0.444 e. The Bertz CT molecular complexity index is 582. The van der Waals surface area contributed by atoms with Crippen molar-refractivity contribution in [2.75, 3.05) is 25.0 Å².